The lowest BCUT2D eigenvalue weighted by Crippen LogP contribution is -2.36. The fourth-order valence-corrected chi connectivity index (χ4v) is 2.54. The molecule has 0 aliphatic heterocycles. The highest BCUT2D eigenvalue weighted by molar-refractivity contribution is 14.0. The van der Waals surface area contributed by atoms with Gasteiger partial charge in [0, 0.05) is 24.7 Å². The van der Waals surface area contributed by atoms with Gasteiger partial charge in [0.25, 0.3) is 0 Å². The normalized spacial score (nSPS) is 11.9. The Bertz CT molecular complexity index is 813. The second-order valence-electron chi connectivity index (χ2n) is 6.68. The molecule has 1 atom stereocenters. The summed E-state index contributed by atoms with van der Waals surface area (Å²) in [7, 11) is 0. The van der Waals surface area contributed by atoms with E-state index in [0.29, 0.717) is 19.0 Å². The number of amides is 1. The molecule has 2 rings (SSSR count). The minimum Gasteiger partial charge on any atom is -0.357 e. The van der Waals surface area contributed by atoms with E-state index >= 15 is 0 Å². The Balaban J connectivity index is 0.00000420. The van der Waals surface area contributed by atoms with Crippen molar-refractivity contribution in [3.05, 3.63) is 65.5 Å². The van der Waals surface area contributed by atoms with E-state index in [1.807, 2.05) is 51.1 Å². The smallest absolute Gasteiger partial charge is 0.227 e. The molecule has 29 heavy (non-hydrogen) atoms. The molecule has 3 N–H and O–H groups in total. The molecule has 0 heterocycles. The maximum absolute atomic E-state index is 13.3. The van der Waals surface area contributed by atoms with Crippen molar-refractivity contribution in [2.24, 2.45) is 10.9 Å². The lowest BCUT2D eigenvalue weighted by Gasteiger charge is -2.13. The average Bonchev–Trinajstić information content (AvgIpc) is 2.69. The number of aliphatic imine (C=N–C) groups is 1. The summed E-state index contributed by atoms with van der Waals surface area (Å²) in [6.07, 6.45) is 0.806. The van der Waals surface area contributed by atoms with Gasteiger partial charge in [0.15, 0.2) is 5.96 Å². The van der Waals surface area contributed by atoms with Gasteiger partial charge in [0.05, 0.1) is 6.54 Å². The number of carbonyl (C=O) groups is 1. The SMILES string of the molecule is CCNC(=NCc1cccc(F)c1)NCc1cccc(NC(=O)C(C)CC)c1.I. The molecule has 2 aromatic rings. The molecule has 0 saturated heterocycles. The van der Waals surface area contributed by atoms with Crippen LogP contribution in [0.15, 0.2) is 53.5 Å². The molecule has 0 saturated carbocycles. The van der Waals surface area contributed by atoms with Crippen molar-refractivity contribution in [3.63, 3.8) is 0 Å². The molecule has 0 aliphatic rings. The Morgan fingerprint density at radius 2 is 1.79 bits per heavy atom. The van der Waals surface area contributed by atoms with Gasteiger partial charge in [-0.1, -0.05) is 38.1 Å². The summed E-state index contributed by atoms with van der Waals surface area (Å²) < 4.78 is 13.3. The third kappa shape index (κ3) is 8.81. The van der Waals surface area contributed by atoms with Gasteiger partial charge in [-0.05, 0) is 48.7 Å². The Morgan fingerprint density at radius 3 is 2.48 bits per heavy atom. The molecular formula is C22H30FIN4O. The van der Waals surface area contributed by atoms with Crippen molar-refractivity contribution >= 4 is 41.5 Å². The van der Waals surface area contributed by atoms with Crippen LogP contribution in [0.1, 0.15) is 38.3 Å². The second kappa shape index (κ2) is 13.1. The topological polar surface area (TPSA) is 65.5 Å². The third-order valence-electron chi connectivity index (χ3n) is 4.37. The van der Waals surface area contributed by atoms with E-state index in [4.69, 9.17) is 0 Å². The van der Waals surface area contributed by atoms with Gasteiger partial charge in [-0.25, -0.2) is 9.38 Å². The zero-order chi connectivity index (χ0) is 20.4. The van der Waals surface area contributed by atoms with Crippen LogP contribution in [0.25, 0.3) is 0 Å². The summed E-state index contributed by atoms with van der Waals surface area (Å²) >= 11 is 0. The van der Waals surface area contributed by atoms with Crippen molar-refractivity contribution < 1.29 is 9.18 Å². The molecule has 0 fully saturated rings. The summed E-state index contributed by atoms with van der Waals surface area (Å²) in [5.74, 6) is 0.400. The summed E-state index contributed by atoms with van der Waals surface area (Å²) in [6, 6.07) is 14.2. The first-order valence-corrected chi connectivity index (χ1v) is 9.68. The van der Waals surface area contributed by atoms with Gasteiger partial charge >= 0.3 is 0 Å². The van der Waals surface area contributed by atoms with Crippen molar-refractivity contribution in [3.8, 4) is 0 Å². The van der Waals surface area contributed by atoms with E-state index in [0.717, 1.165) is 29.8 Å². The fraction of sp³-hybridized carbons (Fsp3) is 0.364. The number of guanidine groups is 1. The van der Waals surface area contributed by atoms with Crippen LogP contribution in [-0.2, 0) is 17.9 Å². The Morgan fingerprint density at radius 1 is 1.07 bits per heavy atom. The minimum absolute atomic E-state index is 0. The van der Waals surface area contributed by atoms with Crippen LogP contribution in [0.3, 0.4) is 0 Å². The van der Waals surface area contributed by atoms with Gasteiger partial charge in [-0.3, -0.25) is 4.79 Å². The number of hydrogen-bond acceptors (Lipinski definition) is 2. The van der Waals surface area contributed by atoms with Crippen LogP contribution in [-0.4, -0.2) is 18.4 Å². The molecule has 2 aromatic carbocycles. The van der Waals surface area contributed by atoms with E-state index < -0.39 is 0 Å². The van der Waals surface area contributed by atoms with Gasteiger partial charge in [0.1, 0.15) is 5.82 Å². The van der Waals surface area contributed by atoms with E-state index in [-0.39, 0.29) is 41.6 Å². The van der Waals surface area contributed by atoms with E-state index in [1.54, 1.807) is 6.07 Å². The first-order valence-electron chi connectivity index (χ1n) is 9.68. The minimum atomic E-state index is -0.262. The van der Waals surface area contributed by atoms with E-state index in [1.165, 1.54) is 12.1 Å². The number of hydrogen-bond donors (Lipinski definition) is 3. The molecule has 1 amide bonds. The van der Waals surface area contributed by atoms with Crippen molar-refractivity contribution in [2.45, 2.75) is 40.3 Å². The standard InChI is InChI=1S/C22H29FN4O.HI/c1-4-16(3)21(28)27-20-11-7-9-18(13-20)15-26-22(24-5-2)25-14-17-8-6-10-19(23)12-17;/h6-13,16H,4-5,14-15H2,1-3H3,(H,27,28)(H2,24,25,26);1H. The highest BCUT2D eigenvalue weighted by Crippen LogP contribution is 2.13. The molecule has 158 valence electrons. The van der Waals surface area contributed by atoms with Gasteiger partial charge in [0.2, 0.25) is 5.91 Å². The second-order valence-corrected chi connectivity index (χ2v) is 6.68. The van der Waals surface area contributed by atoms with Crippen LogP contribution >= 0.6 is 24.0 Å². The van der Waals surface area contributed by atoms with Crippen LogP contribution in [0, 0.1) is 11.7 Å². The molecule has 7 heteroatoms. The molecule has 0 aliphatic carbocycles. The Kier molecular flexibility index (Phi) is 11.3. The lowest BCUT2D eigenvalue weighted by atomic mass is 10.1. The maximum Gasteiger partial charge on any atom is 0.227 e. The fourth-order valence-electron chi connectivity index (χ4n) is 2.54. The van der Waals surface area contributed by atoms with Gasteiger partial charge < -0.3 is 16.0 Å². The Hall–Kier alpha value is -2.16. The first kappa shape index (κ1) is 24.9. The van der Waals surface area contributed by atoms with Gasteiger partial charge in [-0.15, -0.1) is 24.0 Å². The molecule has 0 radical (unpaired) electrons. The van der Waals surface area contributed by atoms with Crippen molar-refractivity contribution in [2.75, 3.05) is 11.9 Å². The summed E-state index contributed by atoms with van der Waals surface area (Å²) in [4.78, 5) is 16.6. The highest BCUT2D eigenvalue weighted by atomic mass is 127. The number of nitrogens with one attached hydrogen (secondary N) is 3. The monoisotopic (exact) mass is 512 g/mol. The number of anilines is 1. The van der Waals surface area contributed by atoms with Crippen LogP contribution in [0.5, 0.6) is 0 Å². The largest absolute Gasteiger partial charge is 0.357 e. The highest BCUT2D eigenvalue weighted by Gasteiger charge is 2.10. The number of carbonyl (C=O) groups excluding carboxylic acids is 1. The molecule has 0 spiro atoms. The number of rotatable bonds is 8. The zero-order valence-electron chi connectivity index (χ0n) is 17.2. The van der Waals surface area contributed by atoms with Crippen molar-refractivity contribution in [1.29, 1.82) is 0 Å². The van der Waals surface area contributed by atoms with Crippen LogP contribution in [0.2, 0.25) is 0 Å². The Labute approximate surface area is 189 Å². The number of halogens is 2. The van der Waals surface area contributed by atoms with Crippen LogP contribution in [0.4, 0.5) is 10.1 Å². The molecule has 0 bridgehead atoms. The number of benzene rings is 2. The summed E-state index contributed by atoms with van der Waals surface area (Å²) in [5.41, 5.74) is 2.62. The third-order valence-corrected chi connectivity index (χ3v) is 4.37. The predicted molar refractivity (Wildman–Crippen MR) is 128 cm³/mol. The average molecular weight is 512 g/mol. The van der Waals surface area contributed by atoms with E-state index in [2.05, 4.69) is 20.9 Å². The summed E-state index contributed by atoms with van der Waals surface area (Å²) in [5, 5.41) is 9.40. The maximum atomic E-state index is 13.3. The lowest BCUT2D eigenvalue weighted by molar-refractivity contribution is -0.119. The number of nitrogens with zero attached hydrogens (tertiary/aromatic N) is 1. The zero-order valence-corrected chi connectivity index (χ0v) is 19.5. The molecule has 5 nitrogen and oxygen atoms in total. The molecule has 0 aromatic heterocycles. The summed E-state index contributed by atoms with van der Waals surface area (Å²) in [6.45, 7) is 7.57. The van der Waals surface area contributed by atoms with Gasteiger partial charge in [-0.2, -0.15) is 0 Å². The molecular weight excluding hydrogens is 482 g/mol. The van der Waals surface area contributed by atoms with E-state index in [9.17, 15) is 9.18 Å². The predicted octanol–water partition coefficient (Wildman–Crippen LogP) is 4.68. The quantitative estimate of drug-likeness (QED) is 0.273. The first-order chi connectivity index (χ1) is 13.5. The van der Waals surface area contributed by atoms with Crippen LogP contribution < -0.4 is 16.0 Å². The van der Waals surface area contributed by atoms with Crippen molar-refractivity contribution in [1.82, 2.24) is 10.6 Å². The molecule has 1 unspecified atom stereocenters.